The Kier molecular flexibility index (Phi) is 6.59. The molecule has 11 nitrogen and oxygen atoms in total. The number of methoxy groups -OCH3 is 1. The minimum Gasteiger partial charge on any atom is -0.492 e. The Hall–Kier alpha value is -4.48. The number of rotatable bonds is 6. The van der Waals surface area contributed by atoms with Crippen molar-refractivity contribution in [3.8, 4) is 22.9 Å². The van der Waals surface area contributed by atoms with Crippen molar-refractivity contribution in [2.45, 2.75) is 12.5 Å². The van der Waals surface area contributed by atoms with Gasteiger partial charge in [0.25, 0.3) is 5.91 Å². The van der Waals surface area contributed by atoms with E-state index in [-0.39, 0.29) is 18.7 Å². The molecule has 1 aromatic heterocycles. The lowest BCUT2D eigenvalue weighted by molar-refractivity contribution is 0.0955. The molecule has 0 unspecified atom stereocenters. The summed E-state index contributed by atoms with van der Waals surface area (Å²) in [6.07, 6.45) is 2.37. The van der Waals surface area contributed by atoms with Crippen molar-refractivity contribution in [1.29, 1.82) is 0 Å². The minimum atomic E-state index is -0.342. The molecule has 0 fully saturated rings. The summed E-state index contributed by atoms with van der Waals surface area (Å²) in [5.41, 5.74) is 6.54. The van der Waals surface area contributed by atoms with E-state index in [1.165, 1.54) is 0 Å². The van der Waals surface area contributed by atoms with Crippen molar-refractivity contribution in [2.24, 2.45) is 5.10 Å². The van der Waals surface area contributed by atoms with E-state index in [1.54, 1.807) is 54.4 Å². The number of carbonyl (C=O) groups is 1. The molecule has 4 aromatic rings. The standard InChI is InChI=1S/C27H24ClN7O4/c1-34-12-11-18-13-21-24(39-15-38-21)25(37-2)22(18)23(34)26-30-32-33-35(26)20-9-5-17(6-10-20)27(36)31-29-14-16-3-7-19(28)8-4-16/h3-10,13-14,23H,11-12,15H2,1-2H3,(H,31,36)/t23-/m1/s1. The average molecular weight is 546 g/mol. The molecule has 1 amide bonds. The van der Waals surface area contributed by atoms with Gasteiger partial charge < -0.3 is 14.2 Å². The molecule has 3 aromatic carbocycles. The van der Waals surface area contributed by atoms with Crippen LogP contribution in [0.15, 0.2) is 59.7 Å². The first-order chi connectivity index (χ1) is 19.0. The summed E-state index contributed by atoms with van der Waals surface area (Å²) in [5.74, 6) is 2.16. The highest BCUT2D eigenvalue weighted by atomic mass is 35.5. The average Bonchev–Trinajstić information content (AvgIpc) is 3.63. The molecule has 3 heterocycles. The molecule has 1 atom stereocenters. The van der Waals surface area contributed by atoms with Gasteiger partial charge in [-0.05, 0) is 77.5 Å². The maximum atomic E-state index is 12.6. The lowest BCUT2D eigenvalue weighted by Crippen LogP contribution is -2.35. The highest BCUT2D eigenvalue weighted by Gasteiger charge is 2.37. The van der Waals surface area contributed by atoms with Crippen LogP contribution >= 0.6 is 11.6 Å². The van der Waals surface area contributed by atoms with Crippen LogP contribution in [-0.4, -0.2) is 64.7 Å². The molecule has 0 saturated carbocycles. The van der Waals surface area contributed by atoms with Gasteiger partial charge in [0.15, 0.2) is 17.3 Å². The monoisotopic (exact) mass is 545 g/mol. The maximum absolute atomic E-state index is 12.6. The van der Waals surface area contributed by atoms with Crippen molar-refractivity contribution >= 4 is 23.7 Å². The number of benzene rings is 3. The van der Waals surface area contributed by atoms with Crippen LogP contribution in [0.2, 0.25) is 5.02 Å². The van der Waals surface area contributed by atoms with Gasteiger partial charge in [0.05, 0.1) is 19.0 Å². The molecule has 6 rings (SSSR count). The Morgan fingerprint density at radius 1 is 1.18 bits per heavy atom. The molecule has 0 radical (unpaired) electrons. The number of hydrogen-bond acceptors (Lipinski definition) is 9. The van der Waals surface area contributed by atoms with Crippen molar-refractivity contribution in [1.82, 2.24) is 30.5 Å². The maximum Gasteiger partial charge on any atom is 0.271 e. The van der Waals surface area contributed by atoms with Gasteiger partial charge in [-0.3, -0.25) is 9.69 Å². The Morgan fingerprint density at radius 2 is 1.97 bits per heavy atom. The summed E-state index contributed by atoms with van der Waals surface area (Å²) in [4.78, 5) is 14.8. The van der Waals surface area contributed by atoms with E-state index >= 15 is 0 Å². The molecule has 0 spiro atoms. The molecule has 0 aliphatic carbocycles. The predicted molar refractivity (Wildman–Crippen MR) is 143 cm³/mol. The first-order valence-electron chi connectivity index (χ1n) is 12.2. The smallest absolute Gasteiger partial charge is 0.271 e. The first kappa shape index (κ1) is 24.8. The van der Waals surface area contributed by atoms with E-state index in [1.807, 2.05) is 25.2 Å². The topological polar surface area (TPSA) is 116 Å². The van der Waals surface area contributed by atoms with Gasteiger partial charge in [0.2, 0.25) is 12.5 Å². The quantitative estimate of drug-likeness (QED) is 0.289. The van der Waals surface area contributed by atoms with Crippen LogP contribution in [0.1, 0.15) is 38.9 Å². The van der Waals surface area contributed by atoms with E-state index < -0.39 is 0 Å². The zero-order valence-corrected chi connectivity index (χ0v) is 21.9. The van der Waals surface area contributed by atoms with E-state index in [0.29, 0.717) is 39.3 Å². The third-order valence-corrected chi connectivity index (χ3v) is 7.01. The van der Waals surface area contributed by atoms with Crippen LogP contribution in [0.5, 0.6) is 17.2 Å². The van der Waals surface area contributed by atoms with Crippen molar-refractivity contribution in [3.63, 3.8) is 0 Å². The first-order valence-corrected chi connectivity index (χ1v) is 12.6. The fourth-order valence-corrected chi connectivity index (χ4v) is 4.97. The Morgan fingerprint density at radius 3 is 2.74 bits per heavy atom. The minimum absolute atomic E-state index is 0.152. The van der Waals surface area contributed by atoms with Crippen LogP contribution in [0, 0.1) is 0 Å². The fourth-order valence-electron chi connectivity index (χ4n) is 4.84. The summed E-state index contributed by atoms with van der Waals surface area (Å²) in [5, 5.41) is 17.3. The van der Waals surface area contributed by atoms with E-state index in [0.717, 1.165) is 29.7 Å². The number of halogens is 1. The van der Waals surface area contributed by atoms with Crippen LogP contribution in [0.25, 0.3) is 5.69 Å². The fraction of sp³-hybridized carbons (Fsp3) is 0.222. The summed E-state index contributed by atoms with van der Waals surface area (Å²) in [7, 11) is 3.64. The van der Waals surface area contributed by atoms with E-state index in [4.69, 9.17) is 25.8 Å². The molecular formula is C27H24ClN7O4. The summed E-state index contributed by atoms with van der Waals surface area (Å²) in [6.45, 7) is 0.947. The molecule has 0 saturated heterocycles. The number of likely N-dealkylation sites (N-methyl/N-ethyl adjacent to an activating group) is 1. The molecular weight excluding hydrogens is 522 g/mol. The number of aromatic nitrogens is 4. The predicted octanol–water partition coefficient (Wildman–Crippen LogP) is 3.39. The second kappa shape index (κ2) is 10.4. The zero-order chi connectivity index (χ0) is 26.9. The largest absolute Gasteiger partial charge is 0.492 e. The molecule has 1 N–H and O–H groups in total. The third kappa shape index (κ3) is 4.66. The lowest BCUT2D eigenvalue weighted by Gasteiger charge is -2.34. The van der Waals surface area contributed by atoms with Gasteiger partial charge in [0.1, 0.15) is 6.04 Å². The van der Waals surface area contributed by atoms with E-state index in [2.05, 4.69) is 31.0 Å². The Balaban J connectivity index is 1.26. The summed E-state index contributed by atoms with van der Waals surface area (Å²) >= 11 is 5.90. The van der Waals surface area contributed by atoms with Crippen molar-refractivity contribution in [3.05, 3.63) is 87.7 Å². The van der Waals surface area contributed by atoms with Gasteiger partial charge >= 0.3 is 0 Å². The Bertz CT molecular complexity index is 1550. The number of ether oxygens (including phenoxy) is 3. The van der Waals surface area contributed by atoms with E-state index in [9.17, 15) is 4.79 Å². The van der Waals surface area contributed by atoms with Gasteiger partial charge in [-0.2, -0.15) is 9.78 Å². The lowest BCUT2D eigenvalue weighted by atomic mass is 9.90. The van der Waals surface area contributed by atoms with Crippen LogP contribution in [0.4, 0.5) is 0 Å². The van der Waals surface area contributed by atoms with Gasteiger partial charge in [-0.15, -0.1) is 5.10 Å². The number of hydrogen-bond donors (Lipinski definition) is 1. The normalized spacial score (nSPS) is 16.3. The molecule has 12 heteroatoms. The van der Waals surface area contributed by atoms with Crippen molar-refractivity contribution in [2.75, 3.05) is 27.5 Å². The molecule has 39 heavy (non-hydrogen) atoms. The second-order valence-corrected chi connectivity index (χ2v) is 9.53. The number of nitrogens with zero attached hydrogens (tertiary/aromatic N) is 6. The second-order valence-electron chi connectivity index (χ2n) is 9.10. The highest BCUT2D eigenvalue weighted by Crippen LogP contribution is 2.50. The molecule has 2 aliphatic heterocycles. The number of nitrogens with one attached hydrogen (secondary N) is 1. The molecule has 0 bridgehead atoms. The highest BCUT2D eigenvalue weighted by molar-refractivity contribution is 6.30. The number of fused-ring (bicyclic) bond motifs is 2. The van der Waals surface area contributed by atoms with Crippen LogP contribution in [0.3, 0.4) is 0 Å². The van der Waals surface area contributed by atoms with Gasteiger partial charge in [-0.1, -0.05) is 23.7 Å². The van der Waals surface area contributed by atoms with Crippen LogP contribution < -0.4 is 19.6 Å². The van der Waals surface area contributed by atoms with Gasteiger partial charge in [-0.25, -0.2) is 5.43 Å². The van der Waals surface area contributed by atoms with Crippen molar-refractivity contribution < 1.29 is 19.0 Å². The third-order valence-electron chi connectivity index (χ3n) is 6.76. The summed E-state index contributed by atoms with van der Waals surface area (Å²) in [6, 6.07) is 15.8. The molecule has 198 valence electrons. The number of carbonyl (C=O) groups excluding carboxylic acids is 1. The SMILES string of the molecule is COc1c2c(cc3c1[C@H](c1nnnn1-c1ccc(C(=O)NN=Cc4ccc(Cl)cc4)cc1)N(C)CC3)OCO2. The number of amides is 1. The van der Waals surface area contributed by atoms with Crippen LogP contribution in [-0.2, 0) is 6.42 Å². The zero-order valence-electron chi connectivity index (χ0n) is 21.2. The van der Waals surface area contributed by atoms with Gasteiger partial charge in [0, 0.05) is 22.7 Å². The number of hydrazone groups is 1. The number of tetrazole rings is 1. The Labute approximate surface area is 228 Å². The molecule has 2 aliphatic rings. The summed E-state index contributed by atoms with van der Waals surface area (Å²) < 4.78 is 18.8.